The van der Waals surface area contributed by atoms with Crippen molar-refractivity contribution in [2.45, 2.75) is 39.5 Å². The van der Waals surface area contributed by atoms with E-state index in [0.29, 0.717) is 0 Å². The molecule has 1 atom stereocenters. The minimum absolute atomic E-state index is 0.251. The first-order valence-electron chi connectivity index (χ1n) is 10.4. The number of aryl methyl sites for hydroxylation is 2. The van der Waals surface area contributed by atoms with Crippen LogP contribution in [-0.4, -0.2) is 22.9 Å². The fraction of sp³-hybridized carbons (Fsp3) is 0.308. The minimum atomic E-state index is 0.251. The molecule has 3 aromatic rings. The Morgan fingerprint density at radius 2 is 1.52 bits per heavy atom. The van der Waals surface area contributed by atoms with Crippen molar-refractivity contribution in [1.29, 1.82) is 0 Å². The zero-order valence-corrected chi connectivity index (χ0v) is 18.1. The van der Waals surface area contributed by atoms with Gasteiger partial charge in [0.05, 0.1) is 6.17 Å². The Bertz CT molecular complexity index is 951. The molecule has 150 valence electrons. The molecule has 4 rings (SSSR count). The lowest BCUT2D eigenvalue weighted by molar-refractivity contribution is -0.00908. The summed E-state index contributed by atoms with van der Waals surface area (Å²) in [4.78, 5) is 5.19. The molecule has 0 aliphatic carbocycles. The molecule has 0 amide bonds. The molecule has 0 aromatic heterocycles. The molecule has 1 saturated heterocycles. The SMILES string of the molecule is Cc1ccc([C@@H]2N(Cc3cccc(C)c3)CCCN2Cc2ccccc2Cl)cc1. The van der Waals surface area contributed by atoms with Crippen LogP contribution in [0.15, 0.2) is 72.8 Å². The molecule has 1 aliphatic heterocycles. The number of halogens is 1. The van der Waals surface area contributed by atoms with Gasteiger partial charge in [0.1, 0.15) is 0 Å². The van der Waals surface area contributed by atoms with E-state index in [4.69, 9.17) is 11.6 Å². The quantitative estimate of drug-likeness (QED) is 0.487. The monoisotopic (exact) mass is 404 g/mol. The maximum absolute atomic E-state index is 6.50. The summed E-state index contributed by atoms with van der Waals surface area (Å²) in [5.74, 6) is 0. The lowest BCUT2D eigenvalue weighted by Crippen LogP contribution is -2.46. The Hall–Kier alpha value is -2.13. The minimum Gasteiger partial charge on any atom is -0.280 e. The summed E-state index contributed by atoms with van der Waals surface area (Å²) in [6.45, 7) is 8.32. The standard InChI is InChI=1S/C26H29ClN2/c1-20-11-13-23(14-12-20)26-28(18-22-8-5-7-21(2)17-22)15-6-16-29(26)19-24-9-3-4-10-25(24)27/h3-5,7-14,17,26H,6,15-16,18-19H2,1-2H3/t26-/m1/s1. The number of hydrogen-bond acceptors (Lipinski definition) is 2. The average Bonchev–Trinajstić information content (AvgIpc) is 2.71. The van der Waals surface area contributed by atoms with Gasteiger partial charge in [-0.2, -0.15) is 0 Å². The van der Waals surface area contributed by atoms with Crippen molar-refractivity contribution in [1.82, 2.24) is 9.80 Å². The first kappa shape index (κ1) is 20.2. The van der Waals surface area contributed by atoms with Gasteiger partial charge in [0.15, 0.2) is 0 Å². The summed E-state index contributed by atoms with van der Waals surface area (Å²) in [7, 11) is 0. The third-order valence-corrected chi connectivity index (χ3v) is 6.13. The largest absolute Gasteiger partial charge is 0.280 e. The topological polar surface area (TPSA) is 6.48 Å². The highest BCUT2D eigenvalue weighted by atomic mass is 35.5. The first-order chi connectivity index (χ1) is 14.1. The van der Waals surface area contributed by atoms with E-state index in [1.165, 1.54) is 34.2 Å². The van der Waals surface area contributed by atoms with E-state index in [9.17, 15) is 0 Å². The van der Waals surface area contributed by atoms with Gasteiger partial charge in [-0.3, -0.25) is 9.80 Å². The highest BCUT2D eigenvalue weighted by molar-refractivity contribution is 6.31. The van der Waals surface area contributed by atoms with Gasteiger partial charge in [-0.15, -0.1) is 0 Å². The van der Waals surface area contributed by atoms with Gasteiger partial charge in [-0.1, -0.05) is 89.5 Å². The average molecular weight is 405 g/mol. The van der Waals surface area contributed by atoms with E-state index in [1.807, 2.05) is 12.1 Å². The number of nitrogens with zero attached hydrogens (tertiary/aromatic N) is 2. The van der Waals surface area contributed by atoms with Crippen LogP contribution in [0, 0.1) is 13.8 Å². The third-order valence-electron chi connectivity index (χ3n) is 5.76. The highest BCUT2D eigenvalue weighted by Crippen LogP contribution is 2.33. The molecule has 2 nitrogen and oxygen atoms in total. The molecule has 0 spiro atoms. The van der Waals surface area contributed by atoms with Gasteiger partial charge in [0.2, 0.25) is 0 Å². The van der Waals surface area contributed by atoms with Gasteiger partial charge in [-0.05, 0) is 43.0 Å². The van der Waals surface area contributed by atoms with Crippen molar-refractivity contribution in [3.8, 4) is 0 Å². The summed E-state index contributed by atoms with van der Waals surface area (Å²) in [5.41, 5.74) is 6.55. The van der Waals surface area contributed by atoms with Crippen molar-refractivity contribution in [2.24, 2.45) is 0 Å². The molecular formula is C26H29ClN2. The molecule has 0 N–H and O–H groups in total. The van der Waals surface area contributed by atoms with Crippen molar-refractivity contribution >= 4 is 11.6 Å². The molecule has 1 aliphatic rings. The van der Waals surface area contributed by atoms with Crippen LogP contribution >= 0.6 is 11.6 Å². The fourth-order valence-corrected chi connectivity index (χ4v) is 4.53. The predicted molar refractivity (Wildman–Crippen MR) is 122 cm³/mol. The molecule has 29 heavy (non-hydrogen) atoms. The number of benzene rings is 3. The van der Waals surface area contributed by atoms with Gasteiger partial charge < -0.3 is 0 Å². The van der Waals surface area contributed by atoms with Gasteiger partial charge >= 0.3 is 0 Å². The molecule has 0 unspecified atom stereocenters. The van der Waals surface area contributed by atoms with Gasteiger partial charge in [0.25, 0.3) is 0 Å². The van der Waals surface area contributed by atoms with Crippen molar-refractivity contribution in [2.75, 3.05) is 13.1 Å². The van der Waals surface area contributed by atoms with E-state index in [1.54, 1.807) is 0 Å². The molecular weight excluding hydrogens is 376 g/mol. The van der Waals surface area contributed by atoms with Crippen LogP contribution in [0.3, 0.4) is 0 Å². The van der Waals surface area contributed by atoms with Crippen LogP contribution in [-0.2, 0) is 13.1 Å². The Kier molecular flexibility index (Phi) is 6.34. The van der Waals surface area contributed by atoms with Crippen LogP contribution in [0.25, 0.3) is 0 Å². The smallest absolute Gasteiger partial charge is 0.0892 e. The van der Waals surface area contributed by atoms with Crippen LogP contribution in [0.1, 0.15) is 40.4 Å². The second kappa shape index (κ2) is 9.13. The molecule has 1 fully saturated rings. The van der Waals surface area contributed by atoms with E-state index in [2.05, 4.69) is 84.3 Å². The molecule has 0 radical (unpaired) electrons. The predicted octanol–water partition coefficient (Wildman–Crippen LogP) is 6.36. The summed E-state index contributed by atoms with van der Waals surface area (Å²) < 4.78 is 0. The van der Waals surface area contributed by atoms with Gasteiger partial charge in [-0.25, -0.2) is 0 Å². The van der Waals surface area contributed by atoms with Crippen molar-refractivity contribution in [3.63, 3.8) is 0 Å². The normalized spacial score (nSPS) is 18.1. The molecule has 0 saturated carbocycles. The van der Waals surface area contributed by atoms with E-state index in [-0.39, 0.29) is 6.17 Å². The lowest BCUT2D eigenvalue weighted by Gasteiger charge is -2.44. The zero-order valence-electron chi connectivity index (χ0n) is 17.3. The third kappa shape index (κ3) is 4.90. The fourth-order valence-electron chi connectivity index (χ4n) is 4.33. The maximum Gasteiger partial charge on any atom is 0.0892 e. The van der Waals surface area contributed by atoms with Crippen LogP contribution < -0.4 is 0 Å². The molecule has 1 heterocycles. The van der Waals surface area contributed by atoms with E-state index >= 15 is 0 Å². The first-order valence-corrected chi connectivity index (χ1v) is 10.8. The summed E-state index contributed by atoms with van der Waals surface area (Å²) in [6, 6.07) is 26.1. The zero-order chi connectivity index (χ0) is 20.2. The Balaban J connectivity index is 1.65. The number of rotatable bonds is 5. The maximum atomic E-state index is 6.50. The van der Waals surface area contributed by atoms with Crippen LogP contribution in [0.2, 0.25) is 5.02 Å². The van der Waals surface area contributed by atoms with E-state index < -0.39 is 0 Å². The molecule has 3 aromatic carbocycles. The summed E-state index contributed by atoms with van der Waals surface area (Å²) in [5, 5.41) is 0.853. The Morgan fingerprint density at radius 3 is 2.24 bits per heavy atom. The molecule has 3 heteroatoms. The second-order valence-corrected chi connectivity index (χ2v) is 8.57. The Morgan fingerprint density at radius 1 is 0.793 bits per heavy atom. The Labute approximate surface area is 179 Å². The second-order valence-electron chi connectivity index (χ2n) is 8.16. The summed E-state index contributed by atoms with van der Waals surface area (Å²) >= 11 is 6.50. The lowest BCUT2D eigenvalue weighted by atomic mass is 10.0. The molecule has 0 bridgehead atoms. The highest BCUT2D eigenvalue weighted by Gasteiger charge is 2.31. The van der Waals surface area contributed by atoms with E-state index in [0.717, 1.165) is 31.2 Å². The van der Waals surface area contributed by atoms with Crippen LogP contribution in [0.5, 0.6) is 0 Å². The van der Waals surface area contributed by atoms with Gasteiger partial charge in [0, 0.05) is 31.2 Å². The van der Waals surface area contributed by atoms with Crippen LogP contribution in [0.4, 0.5) is 0 Å². The number of hydrogen-bond donors (Lipinski definition) is 0. The summed E-state index contributed by atoms with van der Waals surface area (Å²) in [6.07, 6.45) is 1.42. The van der Waals surface area contributed by atoms with Crippen molar-refractivity contribution in [3.05, 3.63) is 106 Å². The van der Waals surface area contributed by atoms with Crippen molar-refractivity contribution < 1.29 is 0 Å².